The molecule has 0 aliphatic carbocycles. The van der Waals surface area contributed by atoms with Crippen LogP contribution in [-0.2, 0) is 0 Å². The molecule has 1 amide bonds. The minimum Gasteiger partial charge on any atom is -0.504 e. The molecule has 2 rings (SSSR count). The van der Waals surface area contributed by atoms with E-state index in [4.69, 9.17) is 5.11 Å². The maximum absolute atomic E-state index is 11.8. The second-order valence-corrected chi connectivity index (χ2v) is 3.45. The van der Waals surface area contributed by atoms with Crippen molar-refractivity contribution in [3.8, 4) is 11.5 Å². The molecule has 0 atom stereocenters. The fourth-order valence-electron chi connectivity index (χ4n) is 1.34. The third-order valence-electron chi connectivity index (χ3n) is 2.20. The molecule has 0 fully saturated rings. The van der Waals surface area contributed by atoms with Crippen LogP contribution in [0.5, 0.6) is 11.5 Å². The number of aromatic hydroxyl groups is 2. The number of carbonyl (C=O) groups excluding carboxylic acids is 1. The third-order valence-corrected chi connectivity index (χ3v) is 2.20. The molecule has 2 aromatic carbocycles. The van der Waals surface area contributed by atoms with Gasteiger partial charge in [-0.05, 0) is 36.4 Å². The molecule has 85 valence electrons. The Morgan fingerprint density at radius 3 is 2.65 bits per heavy atom. The number of amides is 1. The predicted molar refractivity (Wildman–Crippen MR) is 63.0 cm³/mol. The molecular formula is C13H10NO3. The molecule has 0 aliphatic rings. The highest BCUT2D eigenvalue weighted by atomic mass is 16.3. The molecule has 17 heavy (non-hydrogen) atoms. The Morgan fingerprint density at radius 1 is 1.18 bits per heavy atom. The molecule has 1 radical (unpaired) electrons. The van der Waals surface area contributed by atoms with Crippen LogP contribution < -0.4 is 5.32 Å². The largest absolute Gasteiger partial charge is 0.504 e. The molecule has 0 saturated carbocycles. The average Bonchev–Trinajstić information content (AvgIpc) is 2.34. The van der Waals surface area contributed by atoms with Crippen LogP contribution >= 0.6 is 0 Å². The van der Waals surface area contributed by atoms with Crippen molar-refractivity contribution in [3.05, 3.63) is 54.1 Å². The summed E-state index contributed by atoms with van der Waals surface area (Å²) in [5, 5.41) is 21.0. The van der Waals surface area contributed by atoms with Crippen molar-refractivity contribution >= 4 is 11.6 Å². The average molecular weight is 228 g/mol. The normalized spacial score (nSPS) is 9.88. The molecule has 0 spiro atoms. The van der Waals surface area contributed by atoms with Crippen molar-refractivity contribution in [2.45, 2.75) is 0 Å². The maximum atomic E-state index is 11.8. The minimum absolute atomic E-state index is 0.255. The van der Waals surface area contributed by atoms with Gasteiger partial charge in [-0.15, -0.1) is 0 Å². The zero-order valence-electron chi connectivity index (χ0n) is 8.84. The summed E-state index contributed by atoms with van der Waals surface area (Å²) in [6.45, 7) is 0. The quantitative estimate of drug-likeness (QED) is 0.690. The SMILES string of the molecule is O=C(Nc1c[c]ccc1)c1ccc(O)c(O)c1. The van der Waals surface area contributed by atoms with Crippen molar-refractivity contribution in [2.24, 2.45) is 0 Å². The summed E-state index contributed by atoms with van der Waals surface area (Å²) in [7, 11) is 0. The first-order valence-corrected chi connectivity index (χ1v) is 4.96. The number of hydrogen-bond donors (Lipinski definition) is 3. The topological polar surface area (TPSA) is 69.6 Å². The molecule has 0 heterocycles. The number of rotatable bonds is 2. The molecule has 0 unspecified atom stereocenters. The fourth-order valence-corrected chi connectivity index (χ4v) is 1.34. The lowest BCUT2D eigenvalue weighted by molar-refractivity contribution is 0.102. The summed E-state index contributed by atoms with van der Waals surface area (Å²) in [5.41, 5.74) is 0.884. The van der Waals surface area contributed by atoms with Crippen molar-refractivity contribution < 1.29 is 15.0 Å². The summed E-state index contributed by atoms with van der Waals surface area (Å²) in [5.74, 6) is -0.938. The van der Waals surface area contributed by atoms with E-state index in [1.165, 1.54) is 18.2 Å². The highest BCUT2D eigenvalue weighted by molar-refractivity contribution is 6.04. The van der Waals surface area contributed by atoms with Gasteiger partial charge in [0.25, 0.3) is 5.91 Å². The Labute approximate surface area is 98.2 Å². The van der Waals surface area contributed by atoms with E-state index in [2.05, 4.69) is 11.4 Å². The lowest BCUT2D eigenvalue weighted by Crippen LogP contribution is -2.11. The molecule has 0 aromatic heterocycles. The Bertz CT molecular complexity index is 538. The van der Waals surface area contributed by atoms with Gasteiger partial charge < -0.3 is 15.5 Å². The van der Waals surface area contributed by atoms with Gasteiger partial charge in [-0.3, -0.25) is 4.79 Å². The van der Waals surface area contributed by atoms with Crippen LogP contribution in [0.2, 0.25) is 0 Å². The van der Waals surface area contributed by atoms with Crippen LogP contribution in [0.1, 0.15) is 10.4 Å². The number of benzene rings is 2. The smallest absolute Gasteiger partial charge is 0.255 e. The molecule has 4 nitrogen and oxygen atoms in total. The second kappa shape index (κ2) is 4.57. The van der Waals surface area contributed by atoms with Crippen molar-refractivity contribution in [1.29, 1.82) is 0 Å². The number of phenolic OH excluding ortho intramolecular Hbond substituents is 2. The number of nitrogens with one attached hydrogen (secondary N) is 1. The van der Waals surface area contributed by atoms with Crippen molar-refractivity contribution in [1.82, 2.24) is 0 Å². The zero-order chi connectivity index (χ0) is 12.3. The van der Waals surface area contributed by atoms with Crippen LogP contribution in [0.15, 0.2) is 42.5 Å². The standard InChI is InChI=1S/C13H10NO3/c15-11-7-6-9(8-12(11)16)13(17)14-10-4-2-1-3-5-10/h1-2,4-8,15-16H,(H,14,17). The molecular weight excluding hydrogens is 218 g/mol. The van der Waals surface area contributed by atoms with E-state index in [0.29, 0.717) is 5.69 Å². The van der Waals surface area contributed by atoms with Gasteiger partial charge in [0.1, 0.15) is 0 Å². The second-order valence-electron chi connectivity index (χ2n) is 3.45. The van der Waals surface area contributed by atoms with E-state index in [9.17, 15) is 9.90 Å². The molecule has 0 bridgehead atoms. The van der Waals surface area contributed by atoms with Crippen molar-refractivity contribution in [3.63, 3.8) is 0 Å². The number of carbonyl (C=O) groups is 1. The predicted octanol–water partition coefficient (Wildman–Crippen LogP) is 2.15. The van der Waals surface area contributed by atoms with Gasteiger partial charge in [0.2, 0.25) is 0 Å². The number of phenols is 2. The highest BCUT2D eigenvalue weighted by Gasteiger charge is 2.08. The Kier molecular flexibility index (Phi) is 2.96. The Hall–Kier alpha value is -2.49. The van der Waals surface area contributed by atoms with Crippen LogP contribution in [0, 0.1) is 6.07 Å². The Morgan fingerprint density at radius 2 is 2.00 bits per heavy atom. The van der Waals surface area contributed by atoms with E-state index in [1.807, 2.05) is 0 Å². The summed E-state index contributed by atoms with van der Waals surface area (Å²) in [6, 6.07) is 13.6. The fraction of sp³-hybridized carbons (Fsp3) is 0. The van der Waals surface area contributed by atoms with Crippen LogP contribution in [0.3, 0.4) is 0 Å². The first-order valence-electron chi connectivity index (χ1n) is 4.96. The van der Waals surface area contributed by atoms with Crippen LogP contribution in [0.4, 0.5) is 5.69 Å². The van der Waals surface area contributed by atoms with E-state index < -0.39 is 0 Å². The van der Waals surface area contributed by atoms with Crippen molar-refractivity contribution in [2.75, 3.05) is 5.32 Å². The lowest BCUT2D eigenvalue weighted by atomic mass is 10.2. The molecule has 4 heteroatoms. The molecule has 0 aliphatic heterocycles. The molecule has 3 N–H and O–H groups in total. The summed E-state index contributed by atoms with van der Waals surface area (Å²) in [6.07, 6.45) is 0. The van der Waals surface area contributed by atoms with Gasteiger partial charge in [0.15, 0.2) is 11.5 Å². The zero-order valence-corrected chi connectivity index (χ0v) is 8.84. The third kappa shape index (κ3) is 2.55. The molecule has 2 aromatic rings. The highest BCUT2D eigenvalue weighted by Crippen LogP contribution is 2.25. The summed E-state index contributed by atoms with van der Waals surface area (Å²) >= 11 is 0. The van der Waals surface area contributed by atoms with E-state index in [1.54, 1.807) is 24.3 Å². The maximum Gasteiger partial charge on any atom is 0.255 e. The monoisotopic (exact) mass is 228 g/mol. The summed E-state index contributed by atoms with van der Waals surface area (Å²) < 4.78 is 0. The minimum atomic E-state index is -0.361. The molecule has 0 saturated heterocycles. The van der Waals surface area contributed by atoms with E-state index in [-0.39, 0.29) is 23.0 Å². The van der Waals surface area contributed by atoms with Crippen LogP contribution in [0.25, 0.3) is 0 Å². The number of hydrogen-bond acceptors (Lipinski definition) is 3. The van der Waals surface area contributed by atoms with E-state index >= 15 is 0 Å². The van der Waals surface area contributed by atoms with Gasteiger partial charge in [-0.25, -0.2) is 0 Å². The van der Waals surface area contributed by atoms with Gasteiger partial charge in [0, 0.05) is 11.3 Å². The van der Waals surface area contributed by atoms with Gasteiger partial charge >= 0.3 is 0 Å². The van der Waals surface area contributed by atoms with Gasteiger partial charge in [-0.1, -0.05) is 12.1 Å². The summed E-state index contributed by atoms with van der Waals surface area (Å²) in [4.78, 5) is 11.8. The Balaban J connectivity index is 2.18. The first-order chi connectivity index (χ1) is 8.16. The lowest BCUT2D eigenvalue weighted by Gasteiger charge is -2.05. The first kappa shape index (κ1) is 11.0. The van der Waals surface area contributed by atoms with Gasteiger partial charge in [0.05, 0.1) is 0 Å². The van der Waals surface area contributed by atoms with Crippen LogP contribution in [-0.4, -0.2) is 16.1 Å². The van der Waals surface area contributed by atoms with E-state index in [0.717, 1.165) is 0 Å². The van der Waals surface area contributed by atoms with Gasteiger partial charge in [-0.2, -0.15) is 0 Å². The number of anilines is 1.